The molecular weight excluding hydrogens is 528 g/mol. The van der Waals surface area contributed by atoms with Crippen LogP contribution in [0.5, 0.6) is 0 Å². The second-order valence-electron chi connectivity index (χ2n) is 7.52. The van der Waals surface area contributed by atoms with Crippen LogP contribution in [0.25, 0.3) is 11.3 Å². The second kappa shape index (κ2) is 9.21. The fraction of sp³-hybridized carbons (Fsp3) is 0.0400. The van der Waals surface area contributed by atoms with E-state index in [1.54, 1.807) is 0 Å². The average Bonchev–Trinajstić information content (AvgIpc) is 3.38. The minimum atomic E-state index is -0.463. The average molecular weight is 543 g/mol. The van der Waals surface area contributed by atoms with Gasteiger partial charge in [0, 0.05) is 18.3 Å². The number of fused-ring (bicyclic) bond motifs is 1. The van der Waals surface area contributed by atoms with Crippen LogP contribution >= 0.6 is 27.3 Å². The Bertz CT molecular complexity index is 1540. The van der Waals surface area contributed by atoms with Gasteiger partial charge in [-0.2, -0.15) is 5.26 Å². The molecule has 0 aliphatic carbocycles. The van der Waals surface area contributed by atoms with E-state index >= 15 is 0 Å². The van der Waals surface area contributed by atoms with Gasteiger partial charge in [0.15, 0.2) is 10.1 Å². The van der Waals surface area contributed by atoms with Gasteiger partial charge >= 0.3 is 0 Å². The molecule has 0 saturated heterocycles. The van der Waals surface area contributed by atoms with Crippen molar-refractivity contribution < 1.29 is 9.59 Å². The summed E-state index contributed by atoms with van der Waals surface area (Å²) >= 11 is 4.68. The Morgan fingerprint density at radius 3 is 2.40 bits per heavy atom. The largest absolute Gasteiger partial charge is 0.331 e. The van der Waals surface area contributed by atoms with Gasteiger partial charge in [-0.05, 0) is 34.1 Å². The number of azo groups is 1. The Morgan fingerprint density at radius 1 is 1.03 bits per heavy atom. The molecule has 0 spiro atoms. The van der Waals surface area contributed by atoms with Crippen LogP contribution in [-0.4, -0.2) is 28.7 Å². The molecule has 0 atom stereocenters. The van der Waals surface area contributed by atoms with Crippen molar-refractivity contribution >= 4 is 60.6 Å². The molecule has 1 N–H and O–H groups in total. The minimum Gasteiger partial charge on any atom is -0.331 e. The lowest BCUT2D eigenvalue weighted by atomic mass is 10.0. The van der Waals surface area contributed by atoms with E-state index in [4.69, 9.17) is 4.98 Å². The van der Waals surface area contributed by atoms with Crippen LogP contribution in [0.15, 0.2) is 81.4 Å². The molecular formula is C25H15BrN6O2S. The maximum atomic E-state index is 12.6. The Kier molecular flexibility index (Phi) is 5.94. The van der Waals surface area contributed by atoms with Crippen LogP contribution in [0.4, 0.5) is 21.5 Å². The van der Waals surface area contributed by atoms with Crippen molar-refractivity contribution in [3.8, 4) is 17.3 Å². The first-order chi connectivity index (χ1) is 17.0. The molecule has 4 aromatic rings. The molecule has 2 heterocycles. The number of imide groups is 1. The number of nitrogens with zero attached hydrogens (tertiary/aromatic N) is 5. The molecule has 170 valence electrons. The number of nitrogens with one attached hydrogen (secondary N) is 1. The fourth-order valence-electron chi connectivity index (χ4n) is 3.60. The zero-order chi connectivity index (χ0) is 24.5. The number of hydrogen-bond donors (Lipinski definition) is 1. The van der Waals surface area contributed by atoms with E-state index in [-0.39, 0.29) is 26.9 Å². The number of nitriles is 1. The second-order valence-corrected chi connectivity index (χ2v) is 9.29. The third-order valence-corrected chi connectivity index (χ3v) is 6.96. The van der Waals surface area contributed by atoms with Crippen LogP contribution in [-0.2, 0) is 0 Å². The SMILES string of the molecule is CN1C(=O)c2cc(C#N)c(N=Nc3sc(Nc4ccccc4)nc3-c3ccccc3)c(Br)c2C1=O. The van der Waals surface area contributed by atoms with Gasteiger partial charge in [-0.3, -0.25) is 14.5 Å². The van der Waals surface area contributed by atoms with E-state index in [1.807, 2.05) is 66.7 Å². The molecule has 2 amide bonds. The molecule has 5 rings (SSSR count). The van der Waals surface area contributed by atoms with Crippen LogP contribution < -0.4 is 5.32 Å². The van der Waals surface area contributed by atoms with Crippen molar-refractivity contribution in [3.05, 3.63) is 87.9 Å². The quantitative estimate of drug-likeness (QED) is 0.219. The topological polar surface area (TPSA) is 111 Å². The van der Waals surface area contributed by atoms with Crippen molar-refractivity contribution in [2.24, 2.45) is 10.2 Å². The Morgan fingerprint density at radius 2 is 1.71 bits per heavy atom. The predicted molar refractivity (Wildman–Crippen MR) is 137 cm³/mol. The van der Waals surface area contributed by atoms with Gasteiger partial charge in [0.2, 0.25) is 0 Å². The van der Waals surface area contributed by atoms with Crippen LogP contribution in [0.3, 0.4) is 0 Å². The lowest BCUT2D eigenvalue weighted by Gasteiger charge is -2.05. The Balaban J connectivity index is 1.59. The Labute approximate surface area is 212 Å². The maximum absolute atomic E-state index is 12.6. The number of amides is 2. The predicted octanol–water partition coefficient (Wildman–Crippen LogP) is 6.83. The summed E-state index contributed by atoms with van der Waals surface area (Å²) in [5, 5.41) is 22.9. The van der Waals surface area contributed by atoms with Gasteiger partial charge in [0.25, 0.3) is 11.8 Å². The smallest absolute Gasteiger partial charge is 0.262 e. The van der Waals surface area contributed by atoms with E-state index < -0.39 is 11.8 Å². The highest BCUT2D eigenvalue weighted by Crippen LogP contribution is 2.43. The number of benzene rings is 3. The molecule has 0 saturated carbocycles. The van der Waals surface area contributed by atoms with Gasteiger partial charge in [-0.1, -0.05) is 59.9 Å². The van der Waals surface area contributed by atoms with Crippen molar-refractivity contribution in [3.63, 3.8) is 0 Å². The first kappa shape index (κ1) is 22.6. The van der Waals surface area contributed by atoms with Gasteiger partial charge in [-0.15, -0.1) is 10.2 Å². The third kappa shape index (κ3) is 4.12. The Hall–Kier alpha value is -4.20. The lowest BCUT2D eigenvalue weighted by molar-refractivity contribution is 0.0693. The number of carbonyl (C=O) groups is 2. The molecule has 0 fully saturated rings. The van der Waals surface area contributed by atoms with E-state index in [0.717, 1.165) is 16.2 Å². The molecule has 35 heavy (non-hydrogen) atoms. The molecule has 0 radical (unpaired) electrons. The number of para-hydroxylation sites is 1. The van der Waals surface area contributed by atoms with Crippen molar-refractivity contribution in [2.75, 3.05) is 12.4 Å². The molecule has 8 nitrogen and oxygen atoms in total. The number of anilines is 2. The number of carbonyl (C=O) groups excluding carboxylic acids is 2. The minimum absolute atomic E-state index is 0.129. The van der Waals surface area contributed by atoms with Gasteiger partial charge in [0.05, 0.1) is 21.2 Å². The summed E-state index contributed by atoms with van der Waals surface area (Å²) in [6.07, 6.45) is 0. The molecule has 1 aromatic heterocycles. The van der Waals surface area contributed by atoms with Crippen LogP contribution in [0.2, 0.25) is 0 Å². The number of halogens is 1. The van der Waals surface area contributed by atoms with Gasteiger partial charge < -0.3 is 5.32 Å². The molecule has 1 aliphatic rings. The summed E-state index contributed by atoms with van der Waals surface area (Å²) in [7, 11) is 1.40. The summed E-state index contributed by atoms with van der Waals surface area (Å²) in [6, 6.07) is 22.6. The molecule has 1 aliphatic heterocycles. The first-order valence-corrected chi connectivity index (χ1v) is 12.0. The number of rotatable bonds is 5. The number of thiazole rings is 1. The third-order valence-electron chi connectivity index (χ3n) is 5.34. The highest BCUT2D eigenvalue weighted by atomic mass is 79.9. The molecule has 0 bridgehead atoms. The monoisotopic (exact) mass is 542 g/mol. The number of aromatic nitrogens is 1. The first-order valence-electron chi connectivity index (χ1n) is 10.4. The highest BCUT2D eigenvalue weighted by molar-refractivity contribution is 9.10. The molecule has 3 aromatic carbocycles. The molecule has 10 heteroatoms. The van der Waals surface area contributed by atoms with Crippen LogP contribution in [0.1, 0.15) is 26.3 Å². The summed E-state index contributed by atoms with van der Waals surface area (Å²) in [4.78, 5) is 30.7. The van der Waals surface area contributed by atoms with E-state index in [0.29, 0.717) is 15.8 Å². The van der Waals surface area contributed by atoms with Crippen LogP contribution in [0, 0.1) is 11.3 Å². The molecule has 0 unspecified atom stereocenters. The fourth-order valence-corrected chi connectivity index (χ4v) is 5.11. The maximum Gasteiger partial charge on any atom is 0.262 e. The van der Waals surface area contributed by atoms with Crippen molar-refractivity contribution in [1.29, 1.82) is 5.26 Å². The van der Waals surface area contributed by atoms with Crippen molar-refractivity contribution in [1.82, 2.24) is 9.88 Å². The van der Waals surface area contributed by atoms with E-state index in [1.165, 1.54) is 24.5 Å². The van der Waals surface area contributed by atoms with Crippen molar-refractivity contribution in [2.45, 2.75) is 0 Å². The number of hydrogen-bond acceptors (Lipinski definition) is 8. The summed E-state index contributed by atoms with van der Waals surface area (Å²) < 4.78 is 0.256. The summed E-state index contributed by atoms with van der Waals surface area (Å²) in [6.45, 7) is 0. The highest BCUT2D eigenvalue weighted by Gasteiger charge is 2.37. The zero-order valence-corrected chi connectivity index (χ0v) is 20.6. The van der Waals surface area contributed by atoms with Gasteiger partial charge in [0.1, 0.15) is 17.5 Å². The van der Waals surface area contributed by atoms with Gasteiger partial charge in [-0.25, -0.2) is 4.98 Å². The summed E-state index contributed by atoms with van der Waals surface area (Å²) in [5.41, 5.74) is 3.00. The van der Waals surface area contributed by atoms with E-state index in [9.17, 15) is 14.9 Å². The van der Waals surface area contributed by atoms with E-state index in [2.05, 4.69) is 31.5 Å². The normalized spacial score (nSPS) is 12.8. The lowest BCUT2D eigenvalue weighted by Crippen LogP contribution is -2.24. The zero-order valence-electron chi connectivity index (χ0n) is 18.2. The summed E-state index contributed by atoms with van der Waals surface area (Å²) in [5.74, 6) is -0.925. The standard InChI is InChI=1S/C25H15BrN6O2S/c1-32-23(33)17-12-15(13-27)20(19(26)18(17)24(32)34)30-31-22-21(14-8-4-2-5-9-14)29-25(35-22)28-16-10-6-3-7-11-16/h2-12H,1H3,(H,28,29).